The highest BCUT2D eigenvalue weighted by atomic mass is 16.6. The van der Waals surface area contributed by atoms with Gasteiger partial charge in [0.1, 0.15) is 5.60 Å². The van der Waals surface area contributed by atoms with E-state index in [0.29, 0.717) is 6.54 Å². The van der Waals surface area contributed by atoms with Gasteiger partial charge < -0.3 is 10.1 Å². The number of ether oxygens (including phenoxy) is 1. The Balaban J connectivity index is 2.55. The van der Waals surface area contributed by atoms with E-state index in [1.807, 2.05) is 32.9 Å². The van der Waals surface area contributed by atoms with Crippen LogP contribution in [0.2, 0.25) is 0 Å². The van der Waals surface area contributed by atoms with E-state index in [2.05, 4.69) is 24.4 Å². The summed E-state index contributed by atoms with van der Waals surface area (Å²) in [6.45, 7) is 8.29. The average molecular weight is 263 g/mol. The summed E-state index contributed by atoms with van der Waals surface area (Å²) in [5.74, 6) is 0. The van der Waals surface area contributed by atoms with Crippen molar-refractivity contribution in [2.75, 3.05) is 0 Å². The molecule has 0 aliphatic rings. The fourth-order valence-electron chi connectivity index (χ4n) is 1.82. The number of carbonyl (C=O) groups is 1. The smallest absolute Gasteiger partial charge is 0.407 e. The Labute approximate surface area is 116 Å². The molecule has 0 saturated carbocycles. The molecule has 3 heteroatoms. The van der Waals surface area contributed by atoms with Crippen LogP contribution >= 0.6 is 0 Å². The number of rotatable bonds is 5. The van der Waals surface area contributed by atoms with Crippen molar-refractivity contribution in [1.82, 2.24) is 5.32 Å². The van der Waals surface area contributed by atoms with Crippen LogP contribution in [0.5, 0.6) is 0 Å². The van der Waals surface area contributed by atoms with Crippen molar-refractivity contribution in [3.05, 3.63) is 35.4 Å². The number of carbonyl (C=O) groups excluding carboxylic acids is 1. The van der Waals surface area contributed by atoms with E-state index in [9.17, 15) is 4.79 Å². The van der Waals surface area contributed by atoms with Gasteiger partial charge in [0.2, 0.25) is 0 Å². The SMILES string of the molecule is CCCCc1ccccc1CNC(=O)OC(C)(C)C. The van der Waals surface area contributed by atoms with Crippen molar-refractivity contribution in [3.8, 4) is 0 Å². The Morgan fingerprint density at radius 3 is 2.42 bits per heavy atom. The summed E-state index contributed by atoms with van der Waals surface area (Å²) < 4.78 is 5.23. The fraction of sp³-hybridized carbons (Fsp3) is 0.562. The minimum Gasteiger partial charge on any atom is -0.444 e. The van der Waals surface area contributed by atoms with Crippen molar-refractivity contribution in [2.45, 2.75) is 59.1 Å². The van der Waals surface area contributed by atoms with Gasteiger partial charge in [0, 0.05) is 6.54 Å². The zero-order valence-electron chi connectivity index (χ0n) is 12.5. The Kier molecular flexibility index (Phi) is 5.87. The van der Waals surface area contributed by atoms with Gasteiger partial charge >= 0.3 is 6.09 Å². The molecule has 0 bridgehead atoms. The number of hydrogen-bond acceptors (Lipinski definition) is 2. The zero-order valence-corrected chi connectivity index (χ0v) is 12.5. The summed E-state index contributed by atoms with van der Waals surface area (Å²) >= 11 is 0. The summed E-state index contributed by atoms with van der Waals surface area (Å²) in [4.78, 5) is 11.6. The molecule has 0 aromatic heterocycles. The molecule has 0 unspecified atom stereocenters. The molecule has 0 fully saturated rings. The molecule has 1 rings (SSSR count). The lowest BCUT2D eigenvalue weighted by Gasteiger charge is -2.20. The third kappa shape index (κ3) is 6.27. The standard InChI is InChI=1S/C16H25NO2/c1-5-6-9-13-10-7-8-11-14(13)12-17-15(18)19-16(2,3)4/h7-8,10-11H,5-6,9,12H2,1-4H3,(H,17,18). The van der Waals surface area contributed by atoms with Gasteiger partial charge in [-0.2, -0.15) is 0 Å². The quantitative estimate of drug-likeness (QED) is 0.870. The van der Waals surface area contributed by atoms with Gasteiger partial charge in [0.05, 0.1) is 0 Å². The van der Waals surface area contributed by atoms with Crippen LogP contribution in [0.4, 0.5) is 4.79 Å². The molecule has 0 heterocycles. The van der Waals surface area contributed by atoms with Gasteiger partial charge in [0.25, 0.3) is 0 Å². The zero-order chi connectivity index (χ0) is 14.3. The van der Waals surface area contributed by atoms with E-state index >= 15 is 0 Å². The molecule has 0 saturated heterocycles. The number of benzene rings is 1. The Bertz CT molecular complexity index is 407. The molecule has 1 aromatic rings. The van der Waals surface area contributed by atoms with Crippen LogP contribution in [0, 0.1) is 0 Å². The highest BCUT2D eigenvalue weighted by molar-refractivity contribution is 5.67. The first-order valence-electron chi connectivity index (χ1n) is 6.96. The molecular formula is C16H25NO2. The molecule has 0 spiro atoms. The molecule has 0 radical (unpaired) electrons. The van der Waals surface area contributed by atoms with Crippen LogP contribution in [0.25, 0.3) is 0 Å². The molecule has 106 valence electrons. The largest absolute Gasteiger partial charge is 0.444 e. The molecule has 1 amide bonds. The van der Waals surface area contributed by atoms with Gasteiger partial charge in [0.15, 0.2) is 0 Å². The maximum atomic E-state index is 11.6. The molecule has 3 nitrogen and oxygen atoms in total. The normalized spacial score (nSPS) is 11.2. The van der Waals surface area contributed by atoms with Crippen molar-refractivity contribution in [1.29, 1.82) is 0 Å². The van der Waals surface area contributed by atoms with Gasteiger partial charge in [-0.1, -0.05) is 37.6 Å². The highest BCUT2D eigenvalue weighted by Gasteiger charge is 2.15. The third-order valence-corrected chi connectivity index (χ3v) is 2.74. The predicted octanol–water partition coefficient (Wildman–Crippen LogP) is 4.05. The number of aryl methyl sites for hydroxylation is 1. The van der Waals surface area contributed by atoms with E-state index < -0.39 is 5.60 Å². The topological polar surface area (TPSA) is 38.3 Å². The van der Waals surface area contributed by atoms with Crippen LogP contribution in [-0.2, 0) is 17.7 Å². The number of nitrogens with one attached hydrogen (secondary N) is 1. The van der Waals surface area contributed by atoms with E-state index in [0.717, 1.165) is 6.42 Å². The molecule has 1 N–H and O–H groups in total. The lowest BCUT2D eigenvalue weighted by Crippen LogP contribution is -2.32. The summed E-state index contributed by atoms with van der Waals surface area (Å²) in [6.07, 6.45) is 3.04. The average Bonchev–Trinajstić information content (AvgIpc) is 2.32. The maximum absolute atomic E-state index is 11.6. The number of alkyl carbamates (subject to hydrolysis) is 1. The Hall–Kier alpha value is -1.51. The molecule has 0 aliphatic carbocycles. The van der Waals surface area contributed by atoms with E-state index in [1.165, 1.54) is 24.0 Å². The van der Waals surface area contributed by atoms with Crippen molar-refractivity contribution >= 4 is 6.09 Å². The summed E-state index contributed by atoms with van der Waals surface area (Å²) in [7, 11) is 0. The van der Waals surface area contributed by atoms with Crippen LogP contribution in [0.1, 0.15) is 51.7 Å². The van der Waals surface area contributed by atoms with Crippen LogP contribution < -0.4 is 5.32 Å². The minimum absolute atomic E-state index is 0.363. The second-order valence-corrected chi connectivity index (χ2v) is 5.73. The van der Waals surface area contributed by atoms with E-state index in [-0.39, 0.29) is 6.09 Å². The van der Waals surface area contributed by atoms with Crippen LogP contribution in [0.15, 0.2) is 24.3 Å². The fourth-order valence-corrected chi connectivity index (χ4v) is 1.82. The molecule has 19 heavy (non-hydrogen) atoms. The number of hydrogen-bond donors (Lipinski definition) is 1. The van der Waals surface area contributed by atoms with Crippen molar-refractivity contribution in [2.24, 2.45) is 0 Å². The third-order valence-electron chi connectivity index (χ3n) is 2.74. The van der Waals surface area contributed by atoms with Crippen LogP contribution in [-0.4, -0.2) is 11.7 Å². The maximum Gasteiger partial charge on any atom is 0.407 e. The molecular weight excluding hydrogens is 238 g/mol. The summed E-state index contributed by atoms with van der Waals surface area (Å²) in [5.41, 5.74) is 2.02. The van der Waals surface area contributed by atoms with E-state index in [4.69, 9.17) is 4.74 Å². The molecule has 1 aromatic carbocycles. The second-order valence-electron chi connectivity index (χ2n) is 5.73. The first-order chi connectivity index (χ1) is 8.92. The van der Waals surface area contributed by atoms with Gasteiger partial charge in [-0.3, -0.25) is 0 Å². The monoisotopic (exact) mass is 263 g/mol. The Morgan fingerprint density at radius 2 is 1.84 bits per heavy atom. The first-order valence-corrected chi connectivity index (χ1v) is 6.96. The lowest BCUT2D eigenvalue weighted by atomic mass is 10.0. The first kappa shape index (κ1) is 15.5. The second kappa shape index (κ2) is 7.17. The van der Waals surface area contributed by atoms with Gasteiger partial charge in [-0.15, -0.1) is 0 Å². The van der Waals surface area contributed by atoms with Crippen LogP contribution in [0.3, 0.4) is 0 Å². The highest BCUT2D eigenvalue weighted by Crippen LogP contribution is 2.12. The van der Waals surface area contributed by atoms with Gasteiger partial charge in [-0.25, -0.2) is 4.79 Å². The Morgan fingerprint density at radius 1 is 1.21 bits per heavy atom. The number of unbranched alkanes of at least 4 members (excludes halogenated alkanes) is 1. The predicted molar refractivity (Wildman–Crippen MR) is 78.1 cm³/mol. The molecule has 0 aliphatic heterocycles. The number of amides is 1. The lowest BCUT2D eigenvalue weighted by molar-refractivity contribution is 0.0523. The van der Waals surface area contributed by atoms with Crippen molar-refractivity contribution < 1.29 is 9.53 Å². The summed E-state index contributed by atoms with van der Waals surface area (Å²) in [5, 5.41) is 2.81. The minimum atomic E-state index is -0.453. The van der Waals surface area contributed by atoms with E-state index in [1.54, 1.807) is 0 Å². The van der Waals surface area contributed by atoms with Crippen molar-refractivity contribution in [3.63, 3.8) is 0 Å². The molecule has 0 atom stereocenters. The van der Waals surface area contributed by atoms with Gasteiger partial charge in [-0.05, 0) is 44.7 Å². The summed E-state index contributed by atoms with van der Waals surface area (Å²) in [6, 6.07) is 8.23.